The number of hydrogen-bond acceptors (Lipinski definition) is 3. The summed E-state index contributed by atoms with van der Waals surface area (Å²) in [6.45, 7) is 0. The van der Waals surface area contributed by atoms with E-state index in [9.17, 15) is 13.2 Å². The predicted molar refractivity (Wildman–Crippen MR) is 81.2 cm³/mol. The van der Waals surface area contributed by atoms with E-state index in [4.69, 9.17) is 16.6 Å². The van der Waals surface area contributed by atoms with E-state index in [2.05, 4.69) is 5.32 Å². The van der Waals surface area contributed by atoms with Crippen LogP contribution < -0.4 is 5.32 Å². The van der Waals surface area contributed by atoms with Crippen molar-refractivity contribution >= 4 is 34.2 Å². The highest BCUT2D eigenvalue weighted by molar-refractivity contribution is 8.14. The van der Waals surface area contributed by atoms with Crippen LogP contribution >= 0.6 is 23.4 Å². The molecule has 0 aromatic heterocycles. The van der Waals surface area contributed by atoms with Gasteiger partial charge in [0.2, 0.25) is 0 Å². The fourth-order valence-electron chi connectivity index (χ4n) is 2.74. The first-order chi connectivity index (χ1) is 9.88. The third-order valence-electron chi connectivity index (χ3n) is 3.89. The molecule has 2 aliphatic rings. The minimum atomic E-state index is -4.38. The maximum Gasteiger partial charge on any atom is 0.416 e. The van der Waals surface area contributed by atoms with Gasteiger partial charge in [-0.05, 0) is 31.0 Å². The summed E-state index contributed by atoms with van der Waals surface area (Å²) in [6, 6.07) is 3.32. The number of hydrogen-bond donors (Lipinski definition) is 1. The quantitative estimate of drug-likeness (QED) is 0.764. The standard InChI is InChI=1S/C14H14ClF3N2S/c15-10-7-9(14(16,17)18)3-4-11(10)19-12-20-13(8-21-12)5-1-2-6-13/h3-4,7H,1-2,5-6,8H2,(H,19,20). The number of anilines is 1. The molecule has 0 saturated heterocycles. The molecule has 1 heterocycles. The zero-order chi connectivity index (χ0) is 15.1. The average Bonchev–Trinajstić information content (AvgIpc) is 3.02. The number of rotatable bonds is 1. The Morgan fingerprint density at radius 2 is 1.95 bits per heavy atom. The summed E-state index contributed by atoms with van der Waals surface area (Å²) in [6.07, 6.45) is 0.185. The number of amidine groups is 1. The minimum Gasteiger partial charge on any atom is -0.334 e. The van der Waals surface area contributed by atoms with Gasteiger partial charge in [0, 0.05) is 5.75 Å². The van der Waals surface area contributed by atoms with Crippen LogP contribution in [0.25, 0.3) is 0 Å². The Hall–Kier alpha value is -0.880. The van der Waals surface area contributed by atoms with Gasteiger partial charge >= 0.3 is 6.18 Å². The molecule has 0 atom stereocenters. The summed E-state index contributed by atoms with van der Waals surface area (Å²) < 4.78 is 37.8. The number of aliphatic imine (C=N–C) groups is 1. The van der Waals surface area contributed by atoms with Crippen molar-refractivity contribution in [2.24, 2.45) is 4.99 Å². The molecule has 1 spiro atoms. The molecule has 114 valence electrons. The molecule has 0 bridgehead atoms. The average molecular weight is 335 g/mol. The lowest BCUT2D eigenvalue weighted by Gasteiger charge is -2.16. The number of alkyl halides is 3. The van der Waals surface area contributed by atoms with Crippen LogP contribution in [0.2, 0.25) is 5.02 Å². The van der Waals surface area contributed by atoms with Crippen molar-refractivity contribution in [3.8, 4) is 0 Å². The van der Waals surface area contributed by atoms with Crippen LogP contribution in [0, 0.1) is 0 Å². The van der Waals surface area contributed by atoms with Crippen molar-refractivity contribution in [1.82, 2.24) is 0 Å². The Morgan fingerprint density at radius 3 is 2.57 bits per heavy atom. The Bertz CT molecular complexity index is 580. The van der Waals surface area contributed by atoms with E-state index in [0.717, 1.165) is 35.9 Å². The molecule has 0 amide bonds. The Morgan fingerprint density at radius 1 is 1.24 bits per heavy atom. The lowest BCUT2D eigenvalue weighted by molar-refractivity contribution is -0.137. The molecule has 0 unspecified atom stereocenters. The summed E-state index contributed by atoms with van der Waals surface area (Å²) in [7, 11) is 0. The van der Waals surface area contributed by atoms with Crippen LogP contribution in [0.3, 0.4) is 0 Å². The van der Waals surface area contributed by atoms with Gasteiger partial charge in [-0.3, -0.25) is 4.99 Å². The Labute approximate surface area is 130 Å². The lowest BCUT2D eigenvalue weighted by Crippen LogP contribution is -2.21. The zero-order valence-electron chi connectivity index (χ0n) is 11.1. The fraction of sp³-hybridized carbons (Fsp3) is 0.500. The van der Waals surface area contributed by atoms with Crippen molar-refractivity contribution in [1.29, 1.82) is 0 Å². The van der Waals surface area contributed by atoms with Gasteiger partial charge in [0.1, 0.15) is 0 Å². The van der Waals surface area contributed by atoms with Crippen molar-refractivity contribution in [3.05, 3.63) is 28.8 Å². The van der Waals surface area contributed by atoms with Crippen molar-refractivity contribution in [3.63, 3.8) is 0 Å². The Kier molecular flexibility index (Phi) is 3.86. The lowest BCUT2D eigenvalue weighted by atomic mass is 10.0. The number of thioether (sulfide) groups is 1. The summed E-state index contributed by atoms with van der Waals surface area (Å²) in [5, 5.41) is 3.86. The molecule has 1 N–H and O–H groups in total. The molecule has 1 aliphatic heterocycles. The molecule has 21 heavy (non-hydrogen) atoms. The van der Waals surface area contributed by atoms with Gasteiger partial charge < -0.3 is 5.32 Å². The molecule has 3 rings (SSSR count). The van der Waals surface area contributed by atoms with Gasteiger partial charge in [-0.25, -0.2) is 0 Å². The smallest absolute Gasteiger partial charge is 0.334 e. The van der Waals surface area contributed by atoms with E-state index in [1.165, 1.54) is 18.9 Å². The number of benzene rings is 1. The van der Waals surface area contributed by atoms with E-state index >= 15 is 0 Å². The highest BCUT2D eigenvalue weighted by Gasteiger charge is 2.38. The molecular formula is C14H14ClF3N2S. The zero-order valence-corrected chi connectivity index (χ0v) is 12.7. The van der Waals surface area contributed by atoms with Crippen LogP contribution in [0.4, 0.5) is 18.9 Å². The maximum absolute atomic E-state index is 12.6. The van der Waals surface area contributed by atoms with Gasteiger partial charge in [0.15, 0.2) is 5.17 Å². The molecule has 0 radical (unpaired) electrons. The van der Waals surface area contributed by atoms with E-state index < -0.39 is 11.7 Å². The minimum absolute atomic E-state index is 0.0331. The van der Waals surface area contributed by atoms with E-state index in [0.29, 0.717) is 5.69 Å². The second-order valence-corrected chi connectivity index (χ2v) is 6.83. The fourth-order valence-corrected chi connectivity index (χ4v) is 4.17. The molecule has 7 heteroatoms. The predicted octanol–water partition coefficient (Wildman–Crippen LogP) is 5.19. The molecule has 1 saturated carbocycles. The first-order valence-corrected chi connectivity index (χ1v) is 8.11. The maximum atomic E-state index is 12.6. The van der Waals surface area contributed by atoms with E-state index in [-0.39, 0.29) is 10.6 Å². The van der Waals surface area contributed by atoms with E-state index in [1.807, 2.05) is 0 Å². The van der Waals surface area contributed by atoms with E-state index in [1.54, 1.807) is 11.8 Å². The van der Waals surface area contributed by atoms with Gasteiger partial charge in [0.25, 0.3) is 0 Å². The van der Waals surface area contributed by atoms with Crippen molar-refractivity contribution in [2.75, 3.05) is 11.1 Å². The second-order valence-electron chi connectivity index (χ2n) is 5.45. The van der Waals surface area contributed by atoms with Gasteiger partial charge in [-0.15, -0.1) is 0 Å². The highest BCUT2D eigenvalue weighted by atomic mass is 35.5. The number of nitrogens with zero attached hydrogens (tertiary/aromatic N) is 1. The molecule has 1 aliphatic carbocycles. The van der Waals surface area contributed by atoms with Crippen LogP contribution in [0.15, 0.2) is 23.2 Å². The summed E-state index contributed by atoms with van der Waals surface area (Å²) in [4.78, 5) is 4.71. The normalized spacial score (nSPS) is 20.9. The third kappa shape index (κ3) is 3.16. The summed E-state index contributed by atoms with van der Waals surface area (Å²) in [5.74, 6) is 0.938. The third-order valence-corrected chi connectivity index (χ3v) is 5.35. The Balaban J connectivity index is 1.77. The molecule has 1 fully saturated rings. The largest absolute Gasteiger partial charge is 0.416 e. The highest BCUT2D eigenvalue weighted by Crippen LogP contribution is 2.42. The molecule has 2 nitrogen and oxygen atoms in total. The van der Waals surface area contributed by atoms with Crippen LogP contribution in [0.1, 0.15) is 31.2 Å². The summed E-state index contributed by atoms with van der Waals surface area (Å²) in [5.41, 5.74) is -0.247. The monoisotopic (exact) mass is 334 g/mol. The van der Waals surface area contributed by atoms with Crippen LogP contribution in [-0.2, 0) is 6.18 Å². The first-order valence-electron chi connectivity index (χ1n) is 6.74. The van der Waals surface area contributed by atoms with Crippen molar-refractivity contribution < 1.29 is 13.2 Å². The SMILES string of the molecule is FC(F)(F)c1ccc(NC2=NC3(CCCC3)CS2)c(Cl)c1. The number of nitrogens with one attached hydrogen (secondary N) is 1. The van der Waals surface area contributed by atoms with Gasteiger partial charge in [0.05, 0.1) is 21.8 Å². The second kappa shape index (κ2) is 5.39. The van der Waals surface area contributed by atoms with Crippen LogP contribution in [0.5, 0.6) is 0 Å². The van der Waals surface area contributed by atoms with Crippen molar-refractivity contribution in [2.45, 2.75) is 37.4 Å². The van der Waals surface area contributed by atoms with Crippen LogP contribution in [-0.4, -0.2) is 16.5 Å². The van der Waals surface area contributed by atoms with Gasteiger partial charge in [-0.2, -0.15) is 13.2 Å². The van der Waals surface area contributed by atoms with Gasteiger partial charge in [-0.1, -0.05) is 36.2 Å². The topological polar surface area (TPSA) is 24.4 Å². The molecular weight excluding hydrogens is 321 g/mol. The molecule has 1 aromatic rings. The molecule has 1 aromatic carbocycles. The number of halogens is 4. The first kappa shape index (κ1) is 15.0. The summed E-state index contributed by atoms with van der Waals surface area (Å²) >= 11 is 7.55.